The third-order valence-corrected chi connectivity index (χ3v) is 0.936. The first kappa shape index (κ1) is 6.76. The van der Waals surface area contributed by atoms with Crippen LogP contribution in [0.25, 0.3) is 0 Å². The van der Waals surface area contributed by atoms with Gasteiger partial charge in [0.15, 0.2) is 0 Å². The highest BCUT2D eigenvalue weighted by Gasteiger charge is 2.18. The Morgan fingerprint density at radius 2 is 2.10 bits per heavy atom. The predicted molar refractivity (Wildman–Crippen MR) is 29.1 cm³/mol. The SMILES string of the molecule is C=C1CC(=O)ONOC1=O. The molecule has 0 aromatic rings. The second kappa shape index (κ2) is 2.49. The van der Waals surface area contributed by atoms with Crippen LogP contribution in [0.1, 0.15) is 6.42 Å². The van der Waals surface area contributed by atoms with Gasteiger partial charge in [0.2, 0.25) is 0 Å². The summed E-state index contributed by atoms with van der Waals surface area (Å²) in [6.45, 7) is 3.29. The van der Waals surface area contributed by atoms with Crippen LogP contribution in [0.5, 0.6) is 0 Å². The standard InChI is InChI=1S/C5H5NO4/c1-3-2-4(7)9-6-10-5(3)8/h6H,1-2H2. The number of hydrogen-bond donors (Lipinski definition) is 1. The fraction of sp³-hybridized carbons (Fsp3) is 0.200. The van der Waals surface area contributed by atoms with Crippen molar-refractivity contribution in [2.24, 2.45) is 0 Å². The number of nitrogens with one attached hydrogen (secondary N) is 1. The zero-order chi connectivity index (χ0) is 7.56. The lowest BCUT2D eigenvalue weighted by Gasteiger charge is -1.95. The summed E-state index contributed by atoms with van der Waals surface area (Å²) >= 11 is 0. The van der Waals surface area contributed by atoms with Crippen molar-refractivity contribution in [3.63, 3.8) is 0 Å². The Labute approximate surface area is 56.5 Å². The molecule has 1 aliphatic rings. The molecule has 10 heavy (non-hydrogen) atoms. The average molecular weight is 143 g/mol. The summed E-state index contributed by atoms with van der Waals surface area (Å²) in [6.07, 6.45) is -0.133. The molecule has 1 fully saturated rings. The molecular formula is C5H5NO4. The minimum atomic E-state index is -0.675. The Morgan fingerprint density at radius 3 is 2.80 bits per heavy atom. The van der Waals surface area contributed by atoms with Crippen LogP contribution in [0.4, 0.5) is 0 Å². The van der Waals surface area contributed by atoms with Gasteiger partial charge in [-0.05, 0) is 0 Å². The van der Waals surface area contributed by atoms with Crippen LogP contribution in [0.3, 0.4) is 0 Å². The molecule has 0 radical (unpaired) electrons. The summed E-state index contributed by atoms with van der Waals surface area (Å²) in [5, 5.41) is 0. The molecule has 0 bridgehead atoms. The van der Waals surface area contributed by atoms with Gasteiger partial charge in [-0.3, -0.25) is 0 Å². The fourth-order valence-corrected chi connectivity index (χ4v) is 0.460. The average Bonchev–Trinajstić information content (AvgIpc) is 1.96. The normalized spacial score (nSPS) is 19.4. The van der Waals surface area contributed by atoms with E-state index in [4.69, 9.17) is 0 Å². The van der Waals surface area contributed by atoms with E-state index in [2.05, 4.69) is 16.3 Å². The molecule has 0 aromatic carbocycles. The van der Waals surface area contributed by atoms with Gasteiger partial charge in [-0.2, -0.15) is 0 Å². The van der Waals surface area contributed by atoms with E-state index >= 15 is 0 Å². The first-order valence-electron chi connectivity index (χ1n) is 2.54. The third-order valence-electron chi connectivity index (χ3n) is 0.936. The molecule has 0 amide bonds. The second-order valence-electron chi connectivity index (χ2n) is 1.73. The van der Waals surface area contributed by atoms with Crippen molar-refractivity contribution in [3.05, 3.63) is 12.2 Å². The lowest BCUT2D eigenvalue weighted by molar-refractivity contribution is -0.189. The molecule has 1 saturated heterocycles. The van der Waals surface area contributed by atoms with Crippen LogP contribution in [-0.4, -0.2) is 11.9 Å². The largest absolute Gasteiger partial charge is 0.356 e. The van der Waals surface area contributed by atoms with Crippen LogP contribution in [-0.2, 0) is 19.3 Å². The number of carbonyl (C=O) groups is 2. The molecule has 5 nitrogen and oxygen atoms in total. The molecule has 1 heterocycles. The van der Waals surface area contributed by atoms with Crippen LogP contribution in [0.2, 0.25) is 0 Å². The third kappa shape index (κ3) is 1.32. The molecule has 1 rings (SSSR count). The van der Waals surface area contributed by atoms with Gasteiger partial charge in [0.05, 0.1) is 6.42 Å². The van der Waals surface area contributed by atoms with Crippen molar-refractivity contribution >= 4 is 11.9 Å². The van der Waals surface area contributed by atoms with Crippen LogP contribution in [0.15, 0.2) is 12.2 Å². The Bertz CT molecular complexity index is 198. The van der Waals surface area contributed by atoms with Crippen molar-refractivity contribution < 1.29 is 19.3 Å². The lowest BCUT2D eigenvalue weighted by atomic mass is 10.2. The van der Waals surface area contributed by atoms with Crippen molar-refractivity contribution in [3.8, 4) is 0 Å². The van der Waals surface area contributed by atoms with Crippen molar-refractivity contribution in [2.75, 3.05) is 0 Å². The molecule has 5 heteroatoms. The van der Waals surface area contributed by atoms with Crippen LogP contribution in [0, 0.1) is 0 Å². The quantitative estimate of drug-likeness (QED) is 0.461. The summed E-state index contributed by atoms with van der Waals surface area (Å²) in [6, 6.07) is 0. The van der Waals surface area contributed by atoms with E-state index in [-0.39, 0.29) is 12.0 Å². The van der Waals surface area contributed by atoms with Crippen molar-refractivity contribution in [2.45, 2.75) is 6.42 Å². The highest BCUT2D eigenvalue weighted by Crippen LogP contribution is 2.04. The van der Waals surface area contributed by atoms with E-state index in [1.165, 1.54) is 0 Å². The fourth-order valence-electron chi connectivity index (χ4n) is 0.460. The molecule has 0 atom stereocenters. The maximum atomic E-state index is 10.5. The van der Waals surface area contributed by atoms with Crippen molar-refractivity contribution in [1.29, 1.82) is 0 Å². The topological polar surface area (TPSA) is 64.6 Å². The molecule has 1 aliphatic heterocycles. The molecular weight excluding hydrogens is 138 g/mol. The molecule has 0 spiro atoms. The molecule has 54 valence electrons. The summed E-state index contributed by atoms with van der Waals surface area (Å²) in [5.41, 5.74) is 1.80. The minimum Gasteiger partial charge on any atom is -0.335 e. The molecule has 1 N–H and O–H groups in total. The van der Waals surface area contributed by atoms with Gasteiger partial charge in [0, 0.05) is 11.2 Å². The van der Waals surface area contributed by atoms with Gasteiger partial charge < -0.3 is 9.68 Å². The van der Waals surface area contributed by atoms with Crippen LogP contribution < -0.4 is 5.64 Å². The Morgan fingerprint density at radius 1 is 1.40 bits per heavy atom. The van der Waals surface area contributed by atoms with Gasteiger partial charge >= 0.3 is 11.9 Å². The van der Waals surface area contributed by atoms with Crippen molar-refractivity contribution in [1.82, 2.24) is 5.64 Å². The van der Waals surface area contributed by atoms with Gasteiger partial charge in [-0.25, -0.2) is 9.59 Å². The molecule has 0 unspecified atom stereocenters. The molecule has 0 aliphatic carbocycles. The van der Waals surface area contributed by atoms with E-state index in [1.807, 2.05) is 0 Å². The highest BCUT2D eigenvalue weighted by molar-refractivity contribution is 5.93. The maximum absolute atomic E-state index is 10.5. The van der Waals surface area contributed by atoms with E-state index in [0.717, 1.165) is 0 Å². The molecule has 0 aromatic heterocycles. The highest BCUT2D eigenvalue weighted by atomic mass is 16.9. The number of rotatable bonds is 0. The van der Waals surface area contributed by atoms with E-state index in [0.29, 0.717) is 0 Å². The van der Waals surface area contributed by atoms with E-state index in [1.54, 1.807) is 5.64 Å². The first-order chi connectivity index (χ1) is 4.70. The number of carbonyl (C=O) groups excluding carboxylic acids is 2. The maximum Gasteiger partial charge on any atom is 0.356 e. The van der Waals surface area contributed by atoms with Gasteiger partial charge in [-0.1, -0.05) is 6.58 Å². The minimum absolute atomic E-state index is 0.0787. The first-order valence-corrected chi connectivity index (χ1v) is 2.54. The monoisotopic (exact) mass is 143 g/mol. The van der Waals surface area contributed by atoms with Gasteiger partial charge in [-0.15, -0.1) is 0 Å². The number of hydrogen-bond acceptors (Lipinski definition) is 5. The summed E-state index contributed by atoms with van der Waals surface area (Å²) in [5.74, 6) is -1.26. The molecule has 0 saturated carbocycles. The van der Waals surface area contributed by atoms with E-state index in [9.17, 15) is 9.59 Å². The Balaban J connectivity index is 2.66. The van der Waals surface area contributed by atoms with Crippen LogP contribution >= 0.6 is 0 Å². The second-order valence-corrected chi connectivity index (χ2v) is 1.73. The Kier molecular flexibility index (Phi) is 1.68. The Hall–Kier alpha value is -1.36. The summed E-state index contributed by atoms with van der Waals surface area (Å²) < 4.78 is 0. The predicted octanol–water partition coefficient (Wildman–Crippen LogP) is -0.548. The summed E-state index contributed by atoms with van der Waals surface area (Å²) in [7, 11) is 0. The smallest absolute Gasteiger partial charge is 0.335 e. The van der Waals surface area contributed by atoms with Gasteiger partial charge in [0.25, 0.3) is 0 Å². The van der Waals surface area contributed by atoms with Gasteiger partial charge in [0.1, 0.15) is 0 Å². The summed E-state index contributed by atoms with van der Waals surface area (Å²) in [4.78, 5) is 29.3. The van der Waals surface area contributed by atoms with E-state index < -0.39 is 11.9 Å². The zero-order valence-corrected chi connectivity index (χ0v) is 5.05. The lowest BCUT2D eigenvalue weighted by Crippen LogP contribution is -2.18. The zero-order valence-electron chi connectivity index (χ0n) is 5.05.